The van der Waals surface area contributed by atoms with Gasteiger partial charge in [0.2, 0.25) is 5.91 Å². The van der Waals surface area contributed by atoms with Crippen molar-refractivity contribution >= 4 is 5.91 Å². The molecule has 0 aromatic heterocycles. The number of nitrogens with zero attached hydrogens (tertiary/aromatic N) is 1. The van der Waals surface area contributed by atoms with Gasteiger partial charge in [0.05, 0.1) is 0 Å². The normalized spacial score (nSPS) is 25.6. The molecule has 0 aromatic rings. The van der Waals surface area contributed by atoms with Gasteiger partial charge < -0.3 is 16.0 Å². The summed E-state index contributed by atoms with van der Waals surface area (Å²) in [4.78, 5) is 14.4. The van der Waals surface area contributed by atoms with E-state index in [1.54, 1.807) is 0 Å². The molecule has 1 fully saturated rings. The van der Waals surface area contributed by atoms with Gasteiger partial charge in [-0.15, -0.1) is 0 Å². The van der Waals surface area contributed by atoms with Crippen molar-refractivity contribution in [1.29, 1.82) is 0 Å². The largest absolute Gasteiger partial charge is 0.354 e. The minimum absolute atomic E-state index is 0.206. The molecule has 0 spiro atoms. The summed E-state index contributed by atoms with van der Waals surface area (Å²) in [5.74, 6) is 1.62. The van der Waals surface area contributed by atoms with Gasteiger partial charge in [-0.1, -0.05) is 13.8 Å². The van der Waals surface area contributed by atoms with Gasteiger partial charge >= 0.3 is 0 Å². The number of nitrogens with two attached hydrogens (primary N) is 1. The van der Waals surface area contributed by atoms with Crippen molar-refractivity contribution in [3.8, 4) is 0 Å². The fourth-order valence-electron chi connectivity index (χ4n) is 3.02. The van der Waals surface area contributed by atoms with Crippen molar-refractivity contribution in [3.63, 3.8) is 0 Å². The van der Waals surface area contributed by atoms with Crippen LogP contribution in [0.25, 0.3) is 0 Å². The topological polar surface area (TPSA) is 58.4 Å². The number of hydrogen-bond donors (Lipinski definition) is 2. The van der Waals surface area contributed by atoms with Gasteiger partial charge in [-0.2, -0.15) is 0 Å². The second kappa shape index (κ2) is 7.85. The van der Waals surface area contributed by atoms with Crippen molar-refractivity contribution in [2.24, 2.45) is 23.5 Å². The van der Waals surface area contributed by atoms with Gasteiger partial charge in [0.1, 0.15) is 0 Å². The van der Waals surface area contributed by atoms with Crippen LogP contribution >= 0.6 is 0 Å². The summed E-state index contributed by atoms with van der Waals surface area (Å²) >= 11 is 0. The van der Waals surface area contributed by atoms with Gasteiger partial charge in [0, 0.05) is 18.5 Å². The summed E-state index contributed by atoms with van der Waals surface area (Å²) in [7, 11) is 4.15. The average molecular weight is 269 g/mol. The maximum Gasteiger partial charge on any atom is 0.223 e. The molecule has 0 bridgehead atoms. The molecule has 0 aromatic carbocycles. The summed E-state index contributed by atoms with van der Waals surface area (Å²) < 4.78 is 0. The molecule has 1 unspecified atom stereocenters. The van der Waals surface area contributed by atoms with E-state index in [2.05, 4.69) is 38.2 Å². The van der Waals surface area contributed by atoms with E-state index in [9.17, 15) is 4.79 Å². The maximum atomic E-state index is 12.2. The van der Waals surface area contributed by atoms with Crippen LogP contribution in [0.2, 0.25) is 0 Å². The van der Waals surface area contributed by atoms with Crippen LogP contribution in [0.1, 0.15) is 39.5 Å². The number of likely N-dealkylation sites (N-methyl/N-ethyl adjacent to an activating group) is 1. The average Bonchev–Trinajstić information content (AvgIpc) is 2.38. The molecule has 1 atom stereocenters. The Labute approximate surface area is 118 Å². The molecule has 0 radical (unpaired) electrons. The van der Waals surface area contributed by atoms with E-state index in [-0.39, 0.29) is 11.8 Å². The van der Waals surface area contributed by atoms with Gasteiger partial charge in [-0.3, -0.25) is 4.79 Å². The van der Waals surface area contributed by atoms with Crippen molar-refractivity contribution in [2.45, 2.75) is 45.6 Å². The molecule has 1 aliphatic carbocycles. The van der Waals surface area contributed by atoms with Crippen molar-refractivity contribution in [3.05, 3.63) is 0 Å². The lowest BCUT2D eigenvalue weighted by molar-refractivity contribution is -0.126. The summed E-state index contributed by atoms with van der Waals surface area (Å²) in [5.41, 5.74) is 5.68. The number of carbonyl (C=O) groups is 1. The van der Waals surface area contributed by atoms with E-state index in [0.29, 0.717) is 17.9 Å². The third-order valence-corrected chi connectivity index (χ3v) is 4.47. The van der Waals surface area contributed by atoms with Crippen LogP contribution in [-0.2, 0) is 4.79 Å². The molecule has 1 amide bonds. The minimum atomic E-state index is 0.206. The third kappa shape index (κ3) is 5.11. The number of carbonyl (C=O) groups excluding carboxylic acids is 1. The predicted molar refractivity (Wildman–Crippen MR) is 79.8 cm³/mol. The summed E-state index contributed by atoms with van der Waals surface area (Å²) in [6.07, 6.45) is 4.22. The molecule has 4 heteroatoms. The molecule has 0 heterocycles. The Morgan fingerprint density at radius 2 is 1.84 bits per heavy atom. The number of hydrogen-bond acceptors (Lipinski definition) is 3. The molecule has 3 N–H and O–H groups in total. The number of amides is 1. The maximum absolute atomic E-state index is 12.2. The molecular weight excluding hydrogens is 238 g/mol. The highest BCUT2D eigenvalue weighted by Gasteiger charge is 2.26. The van der Waals surface area contributed by atoms with E-state index in [0.717, 1.165) is 38.8 Å². The molecule has 1 rings (SSSR count). The molecule has 19 heavy (non-hydrogen) atoms. The summed E-state index contributed by atoms with van der Waals surface area (Å²) in [5, 5.41) is 3.14. The Morgan fingerprint density at radius 1 is 1.26 bits per heavy atom. The van der Waals surface area contributed by atoms with Crippen LogP contribution in [0.3, 0.4) is 0 Å². The fourth-order valence-corrected chi connectivity index (χ4v) is 3.02. The monoisotopic (exact) mass is 269 g/mol. The van der Waals surface area contributed by atoms with E-state index < -0.39 is 0 Å². The highest BCUT2D eigenvalue weighted by molar-refractivity contribution is 5.78. The van der Waals surface area contributed by atoms with Crippen molar-refractivity contribution < 1.29 is 4.79 Å². The number of rotatable bonds is 6. The zero-order chi connectivity index (χ0) is 14.4. The first-order valence-corrected chi connectivity index (χ1v) is 7.59. The van der Waals surface area contributed by atoms with E-state index >= 15 is 0 Å². The Morgan fingerprint density at radius 3 is 2.26 bits per heavy atom. The van der Waals surface area contributed by atoms with Crippen molar-refractivity contribution in [1.82, 2.24) is 10.2 Å². The second-order valence-electron chi connectivity index (χ2n) is 6.47. The number of nitrogens with one attached hydrogen (secondary N) is 1. The van der Waals surface area contributed by atoms with Crippen LogP contribution in [-0.4, -0.2) is 44.0 Å². The van der Waals surface area contributed by atoms with Gasteiger partial charge in [-0.25, -0.2) is 0 Å². The molecule has 1 aliphatic rings. The zero-order valence-electron chi connectivity index (χ0n) is 13.0. The summed E-state index contributed by atoms with van der Waals surface area (Å²) in [6, 6.07) is 0.407. The highest BCUT2D eigenvalue weighted by Crippen LogP contribution is 2.28. The molecular formula is C15H31N3O. The molecule has 112 valence electrons. The first-order valence-electron chi connectivity index (χ1n) is 7.59. The van der Waals surface area contributed by atoms with Gasteiger partial charge in [0.15, 0.2) is 0 Å². The van der Waals surface area contributed by atoms with Crippen LogP contribution in [0.5, 0.6) is 0 Å². The Kier molecular flexibility index (Phi) is 6.80. The Bertz CT molecular complexity index is 263. The SMILES string of the molecule is CC(C)C(CNC(=O)C1CCC(CN)CC1)N(C)C. The van der Waals surface area contributed by atoms with Gasteiger partial charge in [0.25, 0.3) is 0 Å². The lowest BCUT2D eigenvalue weighted by Crippen LogP contribution is -2.45. The fraction of sp³-hybridized carbons (Fsp3) is 0.933. The Balaban J connectivity index is 2.35. The second-order valence-corrected chi connectivity index (χ2v) is 6.47. The Hall–Kier alpha value is -0.610. The first-order chi connectivity index (χ1) is 8.95. The van der Waals surface area contributed by atoms with E-state index in [1.807, 2.05) is 0 Å². The molecule has 0 aliphatic heterocycles. The minimum Gasteiger partial charge on any atom is -0.354 e. The predicted octanol–water partition coefficient (Wildman–Crippen LogP) is 1.45. The van der Waals surface area contributed by atoms with Crippen molar-refractivity contribution in [2.75, 3.05) is 27.2 Å². The smallest absolute Gasteiger partial charge is 0.223 e. The standard InChI is InChI=1S/C15H31N3O/c1-11(2)14(18(3)4)10-17-15(19)13-7-5-12(9-16)6-8-13/h11-14H,5-10,16H2,1-4H3,(H,17,19). The molecule has 0 saturated heterocycles. The third-order valence-electron chi connectivity index (χ3n) is 4.47. The first kappa shape index (κ1) is 16.4. The van der Waals surface area contributed by atoms with Crippen LogP contribution in [0, 0.1) is 17.8 Å². The quantitative estimate of drug-likeness (QED) is 0.767. The highest BCUT2D eigenvalue weighted by atomic mass is 16.1. The van der Waals surface area contributed by atoms with Crippen LogP contribution in [0.15, 0.2) is 0 Å². The molecule has 1 saturated carbocycles. The van der Waals surface area contributed by atoms with E-state index in [1.165, 1.54) is 0 Å². The zero-order valence-corrected chi connectivity index (χ0v) is 13.0. The summed E-state index contributed by atoms with van der Waals surface area (Å²) in [6.45, 7) is 5.91. The van der Waals surface area contributed by atoms with Gasteiger partial charge in [-0.05, 0) is 58.2 Å². The lowest BCUT2D eigenvalue weighted by atomic mass is 9.81. The van der Waals surface area contributed by atoms with Crippen LogP contribution in [0.4, 0.5) is 0 Å². The van der Waals surface area contributed by atoms with E-state index in [4.69, 9.17) is 5.73 Å². The lowest BCUT2D eigenvalue weighted by Gasteiger charge is -2.30. The molecule has 4 nitrogen and oxygen atoms in total. The van der Waals surface area contributed by atoms with Crippen LogP contribution < -0.4 is 11.1 Å².